The summed E-state index contributed by atoms with van der Waals surface area (Å²) in [5.41, 5.74) is 1.17. The van der Waals surface area contributed by atoms with Gasteiger partial charge in [0.05, 0.1) is 12.1 Å². The third-order valence-electron chi connectivity index (χ3n) is 4.99. The summed E-state index contributed by atoms with van der Waals surface area (Å²) < 4.78 is 1.81. The molecule has 1 aromatic heterocycles. The fourth-order valence-corrected chi connectivity index (χ4v) is 3.81. The van der Waals surface area contributed by atoms with E-state index in [-0.39, 0.29) is 17.7 Å². The first-order valence-electron chi connectivity index (χ1n) is 8.13. The Labute approximate surface area is 126 Å². The SMILES string of the molecule is CC1CCCC(NC(=O)[C@H]2CNC[C@@H]2c2cnn(C)c2)C1. The van der Waals surface area contributed by atoms with Gasteiger partial charge in [0.15, 0.2) is 0 Å². The second kappa shape index (κ2) is 6.18. The molecule has 1 aliphatic heterocycles. The number of amides is 1. The summed E-state index contributed by atoms with van der Waals surface area (Å²) in [5.74, 6) is 1.24. The first-order chi connectivity index (χ1) is 10.1. The molecule has 1 saturated carbocycles. The highest BCUT2D eigenvalue weighted by molar-refractivity contribution is 5.80. The lowest BCUT2D eigenvalue weighted by atomic mass is 9.85. The third kappa shape index (κ3) is 3.28. The van der Waals surface area contributed by atoms with Gasteiger partial charge in [-0.25, -0.2) is 0 Å². The molecule has 0 bridgehead atoms. The molecule has 0 aromatic carbocycles. The van der Waals surface area contributed by atoms with Crippen molar-refractivity contribution in [3.8, 4) is 0 Å². The number of nitrogens with zero attached hydrogens (tertiary/aromatic N) is 2. The Bertz CT molecular complexity index is 498. The van der Waals surface area contributed by atoms with E-state index in [1.165, 1.54) is 18.4 Å². The normalized spacial score (nSPS) is 33.0. The van der Waals surface area contributed by atoms with Crippen LogP contribution < -0.4 is 10.6 Å². The number of aromatic nitrogens is 2. The quantitative estimate of drug-likeness (QED) is 0.885. The topological polar surface area (TPSA) is 59.0 Å². The van der Waals surface area contributed by atoms with Crippen LogP contribution in [0, 0.1) is 11.8 Å². The molecule has 1 aliphatic carbocycles. The van der Waals surface area contributed by atoms with Crippen LogP contribution in [0.15, 0.2) is 12.4 Å². The number of rotatable bonds is 3. The first-order valence-corrected chi connectivity index (χ1v) is 8.13. The predicted molar refractivity (Wildman–Crippen MR) is 81.9 cm³/mol. The molecule has 1 saturated heterocycles. The fourth-order valence-electron chi connectivity index (χ4n) is 3.81. The van der Waals surface area contributed by atoms with Gasteiger partial charge in [-0.2, -0.15) is 5.10 Å². The second-order valence-electron chi connectivity index (χ2n) is 6.80. The Morgan fingerprint density at radius 3 is 3.00 bits per heavy atom. The third-order valence-corrected chi connectivity index (χ3v) is 4.99. The van der Waals surface area contributed by atoms with E-state index in [0.29, 0.717) is 6.04 Å². The zero-order valence-electron chi connectivity index (χ0n) is 13.0. The molecule has 21 heavy (non-hydrogen) atoms. The fraction of sp³-hybridized carbons (Fsp3) is 0.750. The van der Waals surface area contributed by atoms with Crippen molar-refractivity contribution in [2.24, 2.45) is 18.9 Å². The largest absolute Gasteiger partial charge is 0.353 e. The molecule has 1 aromatic rings. The van der Waals surface area contributed by atoms with Crippen LogP contribution in [0.4, 0.5) is 0 Å². The maximum Gasteiger partial charge on any atom is 0.225 e. The summed E-state index contributed by atoms with van der Waals surface area (Å²) >= 11 is 0. The van der Waals surface area contributed by atoms with Crippen LogP contribution in [0.3, 0.4) is 0 Å². The molecule has 2 N–H and O–H groups in total. The lowest BCUT2D eigenvalue weighted by Gasteiger charge is -2.29. The Kier molecular flexibility index (Phi) is 4.29. The summed E-state index contributed by atoms with van der Waals surface area (Å²) in [4.78, 5) is 12.6. The molecular weight excluding hydrogens is 264 g/mol. The minimum atomic E-state index is 0.0337. The minimum Gasteiger partial charge on any atom is -0.353 e. The minimum absolute atomic E-state index is 0.0337. The van der Waals surface area contributed by atoms with Gasteiger partial charge in [-0.15, -0.1) is 0 Å². The zero-order valence-corrected chi connectivity index (χ0v) is 13.0. The van der Waals surface area contributed by atoms with Crippen molar-refractivity contribution in [2.45, 2.75) is 44.6 Å². The van der Waals surface area contributed by atoms with E-state index in [0.717, 1.165) is 31.8 Å². The lowest BCUT2D eigenvalue weighted by Crippen LogP contribution is -2.42. The number of hydrogen-bond acceptors (Lipinski definition) is 3. The van der Waals surface area contributed by atoms with Crippen molar-refractivity contribution >= 4 is 5.91 Å². The predicted octanol–water partition coefficient (Wildman–Crippen LogP) is 1.42. The van der Waals surface area contributed by atoms with Gasteiger partial charge in [0.1, 0.15) is 0 Å². The standard InChI is InChI=1S/C16H26N4O/c1-11-4-3-5-13(6-11)19-16(21)15-9-17-8-14(15)12-7-18-20(2)10-12/h7,10-11,13-15,17H,3-6,8-9H2,1-2H3,(H,19,21)/t11?,13?,14-,15+/m1/s1. The van der Waals surface area contributed by atoms with Crippen LogP contribution in [-0.2, 0) is 11.8 Å². The van der Waals surface area contributed by atoms with Crippen molar-refractivity contribution in [1.29, 1.82) is 0 Å². The Hall–Kier alpha value is -1.36. The van der Waals surface area contributed by atoms with Crippen molar-refractivity contribution in [3.63, 3.8) is 0 Å². The molecular formula is C16H26N4O. The van der Waals surface area contributed by atoms with Crippen LogP contribution in [0.1, 0.15) is 44.1 Å². The number of aryl methyl sites for hydroxylation is 1. The highest BCUT2D eigenvalue weighted by Gasteiger charge is 2.35. The van der Waals surface area contributed by atoms with E-state index in [9.17, 15) is 4.79 Å². The van der Waals surface area contributed by atoms with E-state index in [1.807, 2.05) is 24.1 Å². The summed E-state index contributed by atoms with van der Waals surface area (Å²) in [6, 6.07) is 0.372. The second-order valence-corrected chi connectivity index (χ2v) is 6.80. The van der Waals surface area contributed by atoms with Crippen LogP contribution in [-0.4, -0.2) is 34.8 Å². The average molecular weight is 290 g/mol. The molecule has 2 fully saturated rings. The Morgan fingerprint density at radius 1 is 1.43 bits per heavy atom. The molecule has 0 spiro atoms. The average Bonchev–Trinajstić information content (AvgIpc) is 3.06. The number of hydrogen-bond donors (Lipinski definition) is 2. The molecule has 2 unspecified atom stereocenters. The van der Waals surface area contributed by atoms with Crippen LogP contribution >= 0.6 is 0 Å². The van der Waals surface area contributed by atoms with E-state index in [2.05, 4.69) is 22.7 Å². The summed E-state index contributed by atoms with van der Waals surface area (Å²) in [7, 11) is 1.92. The van der Waals surface area contributed by atoms with Crippen molar-refractivity contribution in [1.82, 2.24) is 20.4 Å². The van der Waals surface area contributed by atoms with Gasteiger partial charge < -0.3 is 10.6 Å². The van der Waals surface area contributed by atoms with Crippen LogP contribution in [0.25, 0.3) is 0 Å². The maximum atomic E-state index is 12.6. The van der Waals surface area contributed by atoms with E-state index in [1.54, 1.807) is 0 Å². The molecule has 2 aliphatic rings. The highest BCUT2D eigenvalue weighted by Crippen LogP contribution is 2.29. The van der Waals surface area contributed by atoms with Crippen LogP contribution in [0.2, 0.25) is 0 Å². The molecule has 1 amide bonds. The Morgan fingerprint density at radius 2 is 2.29 bits per heavy atom. The summed E-state index contributed by atoms with van der Waals surface area (Å²) in [6.07, 6.45) is 8.72. The molecule has 0 radical (unpaired) electrons. The zero-order chi connectivity index (χ0) is 14.8. The van der Waals surface area contributed by atoms with Crippen molar-refractivity contribution in [2.75, 3.05) is 13.1 Å². The van der Waals surface area contributed by atoms with E-state index >= 15 is 0 Å². The smallest absolute Gasteiger partial charge is 0.225 e. The number of carbonyl (C=O) groups excluding carboxylic acids is 1. The van der Waals surface area contributed by atoms with Crippen molar-refractivity contribution in [3.05, 3.63) is 18.0 Å². The number of nitrogens with one attached hydrogen (secondary N) is 2. The molecule has 4 atom stereocenters. The van der Waals surface area contributed by atoms with Crippen LogP contribution in [0.5, 0.6) is 0 Å². The molecule has 5 nitrogen and oxygen atoms in total. The molecule has 116 valence electrons. The van der Waals surface area contributed by atoms with Gasteiger partial charge in [0.2, 0.25) is 5.91 Å². The van der Waals surface area contributed by atoms with E-state index in [4.69, 9.17) is 0 Å². The van der Waals surface area contributed by atoms with Gasteiger partial charge in [0, 0.05) is 38.3 Å². The highest BCUT2D eigenvalue weighted by atomic mass is 16.2. The van der Waals surface area contributed by atoms with Gasteiger partial charge in [-0.3, -0.25) is 9.48 Å². The maximum absolute atomic E-state index is 12.6. The van der Waals surface area contributed by atoms with E-state index < -0.39 is 0 Å². The van der Waals surface area contributed by atoms with Gasteiger partial charge in [0.25, 0.3) is 0 Å². The summed E-state index contributed by atoms with van der Waals surface area (Å²) in [5, 5.41) is 10.9. The van der Waals surface area contributed by atoms with Crippen molar-refractivity contribution < 1.29 is 4.79 Å². The monoisotopic (exact) mass is 290 g/mol. The van der Waals surface area contributed by atoms with Gasteiger partial charge >= 0.3 is 0 Å². The first kappa shape index (κ1) is 14.6. The van der Waals surface area contributed by atoms with Gasteiger partial charge in [-0.1, -0.05) is 19.8 Å². The number of carbonyl (C=O) groups is 1. The van der Waals surface area contributed by atoms with Gasteiger partial charge in [-0.05, 0) is 24.3 Å². The lowest BCUT2D eigenvalue weighted by molar-refractivity contribution is -0.125. The summed E-state index contributed by atoms with van der Waals surface area (Å²) in [6.45, 7) is 3.92. The molecule has 3 rings (SSSR count). The Balaban J connectivity index is 1.63. The molecule has 5 heteroatoms. The molecule has 2 heterocycles.